The smallest absolute Gasteiger partial charge is 0.186 e. The second-order valence-electron chi connectivity index (χ2n) is 4.37. The van der Waals surface area contributed by atoms with E-state index in [-0.39, 0.29) is 17.6 Å². The largest absolute Gasteiger partial charge is 0.504 e. The van der Waals surface area contributed by atoms with Gasteiger partial charge in [-0.2, -0.15) is 5.10 Å². The number of phenols is 1. The van der Waals surface area contributed by atoms with E-state index in [1.807, 2.05) is 5.43 Å². The van der Waals surface area contributed by atoms with Crippen LogP contribution in [0.4, 0.5) is 23.2 Å². The minimum absolute atomic E-state index is 0.0822. The summed E-state index contributed by atoms with van der Waals surface area (Å²) in [5, 5.41) is 13.1. The highest BCUT2D eigenvalue weighted by Crippen LogP contribution is 2.26. The fourth-order valence-corrected chi connectivity index (χ4v) is 1.72. The van der Waals surface area contributed by atoms with Gasteiger partial charge in [0.05, 0.1) is 12.8 Å². The van der Waals surface area contributed by atoms with Crippen molar-refractivity contribution in [1.29, 1.82) is 0 Å². The summed E-state index contributed by atoms with van der Waals surface area (Å²) >= 11 is 0. The third-order valence-corrected chi connectivity index (χ3v) is 2.79. The average molecular weight is 328 g/mol. The number of anilines is 1. The number of hydrogen-bond donors (Lipinski definition) is 2. The highest BCUT2D eigenvalue weighted by Gasteiger charge is 2.18. The van der Waals surface area contributed by atoms with Gasteiger partial charge in [-0.25, -0.2) is 17.6 Å². The molecule has 0 fully saturated rings. The Morgan fingerprint density at radius 2 is 1.78 bits per heavy atom. The molecule has 0 aromatic heterocycles. The van der Waals surface area contributed by atoms with Gasteiger partial charge in [0.15, 0.2) is 34.8 Å². The molecule has 0 aliphatic carbocycles. The first-order chi connectivity index (χ1) is 10.9. The maximum absolute atomic E-state index is 13.4. The summed E-state index contributed by atoms with van der Waals surface area (Å²) in [5.74, 6) is -6.12. The summed E-state index contributed by atoms with van der Waals surface area (Å²) in [7, 11) is 0. The molecule has 0 amide bonds. The Labute approximate surface area is 129 Å². The molecule has 0 unspecified atom stereocenters. The number of halogens is 4. The molecule has 0 aliphatic heterocycles. The first-order valence-corrected chi connectivity index (χ1v) is 6.52. The predicted molar refractivity (Wildman–Crippen MR) is 76.8 cm³/mol. The molecule has 0 heterocycles. The van der Waals surface area contributed by atoms with Crippen molar-refractivity contribution in [2.75, 3.05) is 12.0 Å². The van der Waals surface area contributed by atoms with Gasteiger partial charge in [0.25, 0.3) is 0 Å². The number of phenolic OH excluding ortho intramolecular Hbond substituents is 1. The first kappa shape index (κ1) is 16.6. The molecule has 23 heavy (non-hydrogen) atoms. The quantitative estimate of drug-likeness (QED) is 0.380. The van der Waals surface area contributed by atoms with Gasteiger partial charge in [0.2, 0.25) is 0 Å². The second-order valence-corrected chi connectivity index (χ2v) is 4.37. The Balaban J connectivity index is 2.21. The third-order valence-electron chi connectivity index (χ3n) is 2.79. The van der Waals surface area contributed by atoms with Crippen molar-refractivity contribution >= 4 is 11.9 Å². The molecule has 2 aromatic carbocycles. The topological polar surface area (TPSA) is 53.8 Å². The van der Waals surface area contributed by atoms with Crippen LogP contribution in [0.25, 0.3) is 0 Å². The van der Waals surface area contributed by atoms with Gasteiger partial charge >= 0.3 is 0 Å². The molecule has 122 valence electrons. The number of aromatic hydroxyl groups is 1. The van der Waals surface area contributed by atoms with Gasteiger partial charge in [-0.05, 0) is 30.7 Å². The molecule has 0 saturated carbocycles. The molecule has 0 bridgehead atoms. The van der Waals surface area contributed by atoms with Crippen molar-refractivity contribution < 1.29 is 27.4 Å². The highest BCUT2D eigenvalue weighted by molar-refractivity contribution is 5.81. The molecule has 0 atom stereocenters. The lowest BCUT2D eigenvalue weighted by Gasteiger charge is -2.07. The van der Waals surface area contributed by atoms with Crippen LogP contribution in [0.2, 0.25) is 0 Å². The van der Waals surface area contributed by atoms with Crippen molar-refractivity contribution in [3.05, 3.63) is 53.1 Å². The number of hydrogen-bond acceptors (Lipinski definition) is 4. The molecule has 0 saturated heterocycles. The second kappa shape index (κ2) is 6.99. The van der Waals surface area contributed by atoms with Crippen molar-refractivity contribution in [1.82, 2.24) is 0 Å². The Kier molecular flexibility index (Phi) is 5.05. The first-order valence-electron chi connectivity index (χ1n) is 6.52. The van der Waals surface area contributed by atoms with Crippen LogP contribution in [0.3, 0.4) is 0 Å². The van der Waals surface area contributed by atoms with Crippen LogP contribution in [0.1, 0.15) is 12.5 Å². The number of nitrogens with one attached hydrogen (secondary N) is 1. The van der Waals surface area contributed by atoms with Crippen molar-refractivity contribution in [2.24, 2.45) is 5.10 Å². The Hall–Kier alpha value is -2.77. The monoisotopic (exact) mass is 328 g/mol. The van der Waals surface area contributed by atoms with Crippen LogP contribution in [-0.4, -0.2) is 17.9 Å². The minimum Gasteiger partial charge on any atom is -0.504 e. The van der Waals surface area contributed by atoms with Gasteiger partial charge in [-0.1, -0.05) is 0 Å². The SMILES string of the molecule is CCOc1cc(C=NNc2c(F)c(F)cc(F)c2F)ccc1O. The lowest BCUT2D eigenvalue weighted by molar-refractivity contribution is 0.318. The summed E-state index contributed by atoms with van der Waals surface area (Å²) < 4.78 is 58.1. The third kappa shape index (κ3) is 3.71. The van der Waals surface area contributed by atoms with Crippen molar-refractivity contribution in [3.8, 4) is 11.5 Å². The molecule has 0 radical (unpaired) electrons. The predicted octanol–water partition coefficient (Wildman–Crippen LogP) is 3.79. The number of benzene rings is 2. The molecular weight excluding hydrogens is 316 g/mol. The molecule has 2 rings (SSSR count). The van der Waals surface area contributed by atoms with Crippen LogP contribution in [-0.2, 0) is 0 Å². The summed E-state index contributed by atoms with van der Waals surface area (Å²) in [6.07, 6.45) is 1.14. The van der Waals surface area contributed by atoms with E-state index in [2.05, 4.69) is 5.10 Å². The van der Waals surface area contributed by atoms with E-state index in [1.165, 1.54) is 18.2 Å². The highest BCUT2D eigenvalue weighted by atomic mass is 19.2. The Morgan fingerprint density at radius 3 is 2.39 bits per heavy atom. The average Bonchev–Trinajstić information content (AvgIpc) is 2.52. The summed E-state index contributed by atoms with van der Waals surface area (Å²) in [4.78, 5) is 0. The number of hydrazone groups is 1. The lowest BCUT2D eigenvalue weighted by Crippen LogP contribution is -2.02. The van der Waals surface area contributed by atoms with E-state index in [0.717, 1.165) is 6.21 Å². The number of rotatable bonds is 5. The van der Waals surface area contributed by atoms with Gasteiger partial charge in [-0.3, -0.25) is 5.43 Å². The summed E-state index contributed by atoms with van der Waals surface area (Å²) in [6, 6.07) is 4.34. The van der Waals surface area contributed by atoms with Crippen LogP contribution >= 0.6 is 0 Å². The standard InChI is InChI=1S/C15H12F4N2O2/c1-2-23-12-5-8(3-4-11(12)22)7-20-21-15-13(18)9(16)6-10(17)14(15)19/h3-7,21-22H,2H2,1H3. The minimum atomic E-state index is -1.58. The molecular formula is C15H12F4N2O2. The van der Waals surface area contributed by atoms with Gasteiger partial charge in [0.1, 0.15) is 5.69 Å². The van der Waals surface area contributed by atoms with E-state index in [1.54, 1.807) is 6.92 Å². The number of ether oxygens (including phenoxy) is 1. The maximum atomic E-state index is 13.4. The zero-order chi connectivity index (χ0) is 17.0. The van der Waals surface area contributed by atoms with Crippen LogP contribution < -0.4 is 10.2 Å². The molecule has 0 spiro atoms. The van der Waals surface area contributed by atoms with Crippen LogP contribution in [0.15, 0.2) is 29.4 Å². The van der Waals surface area contributed by atoms with Crippen LogP contribution in [0.5, 0.6) is 11.5 Å². The van der Waals surface area contributed by atoms with Crippen LogP contribution in [0, 0.1) is 23.3 Å². The lowest BCUT2D eigenvalue weighted by atomic mass is 10.2. The van der Waals surface area contributed by atoms with Crippen molar-refractivity contribution in [2.45, 2.75) is 6.92 Å². The molecule has 0 aliphatic rings. The van der Waals surface area contributed by atoms with Crippen molar-refractivity contribution in [3.63, 3.8) is 0 Å². The maximum Gasteiger partial charge on any atom is 0.186 e. The summed E-state index contributed by atoms with van der Waals surface area (Å²) in [5.41, 5.74) is 1.30. The zero-order valence-corrected chi connectivity index (χ0v) is 11.9. The van der Waals surface area contributed by atoms with E-state index < -0.39 is 29.0 Å². The molecule has 2 N–H and O–H groups in total. The van der Waals surface area contributed by atoms with E-state index in [4.69, 9.17) is 4.74 Å². The molecule has 4 nitrogen and oxygen atoms in total. The fourth-order valence-electron chi connectivity index (χ4n) is 1.72. The normalized spacial score (nSPS) is 11.0. The van der Waals surface area contributed by atoms with E-state index >= 15 is 0 Å². The van der Waals surface area contributed by atoms with Gasteiger partial charge in [0, 0.05) is 6.07 Å². The molecule has 8 heteroatoms. The van der Waals surface area contributed by atoms with E-state index in [0.29, 0.717) is 12.2 Å². The fraction of sp³-hybridized carbons (Fsp3) is 0.133. The Morgan fingerprint density at radius 1 is 1.13 bits per heavy atom. The summed E-state index contributed by atoms with van der Waals surface area (Å²) in [6.45, 7) is 2.05. The number of nitrogens with zero attached hydrogens (tertiary/aromatic N) is 1. The zero-order valence-electron chi connectivity index (χ0n) is 11.9. The van der Waals surface area contributed by atoms with Gasteiger partial charge in [-0.15, -0.1) is 0 Å². The molecule has 2 aromatic rings. The van der Waals surface area contributed by atoms with Gasteiger partial charge < -0.3 is 9.84 Å². The van der Waals surface area contributed by atoms with E-state index in [9.17, 15) is 22.7 Å². The Bertz CT molecular complexity index is 724.